The average Bonchev–Trinajstić information content (AvgIpc) is 2.40. The maximum absolute atomic E-state index is 8.86. The van der Waals surface area contributed by atoms with Gasteiger partial charge in [-0.3, -0.25) is 4.98 Å². The van der Waals surface area contributed by atoms with E-state index in [0.29, 0.717) is 6.54 Å². The van der Waals surface area contributed by atoms with Crippen LogP contribution in [0, 0.1) is 11.3 Å². The van der Waals surface area contributed by atoms with Crippen molar-refractivity contribution in [3.05, 3.63) is 60.4 Å². The lowest BCUT2D eigenvalue weighted by atomic mass is 10.2. The van der Waals surface area contributed by atoms with Crippen LogP contribution in [0.2, 0.25) is 0 Å². The number of pyridine rings is 1. The van der Waals surface area contributed by atoms with E-state index < -0.39 is 0 Å². The van der Waals surface area contributed by atoms with Gasteiger partial charge in [-0.05, 0) is 17.7 Å². The highest BCUT2D eigenvalue weighted by Gasteiger charge is 2.06. The molecule has 3 heteroatoms. The topological polar surface area (TPSA) is 39.9 Å². The molecule has 0 N–H and O–H groups in total. The highest BCUT2D eigenvalue weighted by atomic mass is 15.1. The molecule has 17 heavy (non-hydrogen) atoms. The lowest BCUT2D eigenvalue weighted by Gasteiger charge is -2.21. The molecule has 2 aromatic rings. The number of rotatable bonds is 4. The molecule has 0 radical (unpaired) electrons. The predicted octanol–water partition coefficient (Wildman–Crippen LogP) is 2.61. The molecule has 0 aliphatic heterocycles. The molecule has 1 heterocycles. The number of hydrogen-bond donors (Lipinski definition) is 0. The van der Waals surface area contributed by atoms with Gasteiger partial charge in [-0.25, -0.2) is 0 Å². The predicted molar refractivity (Wildman–Crippen MR) is 67.3 cm³/mol. The average molecular weight is 223 g/mol. The Kier molecular flexibility index (Phi) is 3.72. The van der Waals surface area contributed by atoms with Gasteiger partial charge in [0.15, 0.2) is 0 Å². The Balaban J connectivity index is 2.17. The van der Waals surface area contributed by atoms with E-state index in [1.54, 1.807) is 12.4 Å². The third-order valence-corrected chi connectivity index (χ3v) is 2.49. The van der Waals surface area contributed by atoms with Crippen LogP contribution in [0.15, 0.2) is 54.9 Å². The van der Waals surface area contributed by atoms with E-state index in [1.807, 2.05) is 35.2 Å². The van der Waals surface area contributed by atoms with E-state index in [1.165, 1.54) is 5.56 Å². The van der Waals surface area contributed by atoms with Gasteiger partial charge in [0, 0.05) is 12.7 Å². The standard InChI is InChI=1S/C14H13N3/c15-8-10-17(14-7-4-9-16-11-14)12-13-5-2-1-3-6-13/h1-7,9,11H,10,12H2. The van der Waals surface area contributed by atoms with Crippen molar-refractivity contribution in [2.45, 2.75) is 6.54 Å². The van der Waals surface area contributed by atoms with Gasteiger partial charge in [-0.2, -0.15) is 5.26 Å². The molecule has 3 nitrogen and oxygen atoms in total. The quantitative estimate of drug-likeness (QED) is 0.748. The first-order valence-corrected chi connectivity index (χ1v) is 5.46. The minimum Gasteiger partial charge on any atom is -0.353 e. The first kappa shape index (κ1) is 11.2. The highest BCUT2D eigenvalue weighted by Crippen LogP contribution is 2.14. The van der Waals surface area contributed by atoms with Gasteiger partial charge in [0.1, 0.15) is 6.54 Å². The molecule has 0 spiro atoms. The second kappa shape index (κ2) is 5.66. The van der Waals surface area contributed by atoms with Crippen LogP contribution in [-0.4, -0.2) is 11.5 Å². The van der Waals surface area contributed by atoms with Crippen LogP contribution < -0.4 is 4.90 Å². The largest absolute Gasteiger partial charge is 0.353 e. The number of nitriles is 1. The normalized spacial score (nSPS) is 9.59. The summed E-state index contributed by atoms with van der Waals surface area (Å²) in [7, 11) is 0. The summed E-state index contributed by atoms with van der Waals surface area (Å²) < 4.78 is 0. The van der Waals surface area contributed by atoms with Crippen molar-refractivity contribution in [2.75, 3.05) is 11.4 Å². The highest BCUT2D eigenvalue weighted by molar-refractivity contribution is 5.45. The third-order valence-electron chi connectivity index (χ3n) is 2.49. The minimum atomic E-state index is 0.362. The van der Waals surface area contributed by atoms with Crippen LogP contribution in [0.5, 0.6) is 0 Å². The maximum atomic E-state index is 8.86. The summed E-state index contributed by atoms with van der Waals surface area (Å²) in [6, 6.07) is 16.1. The van der Waals surface area contributed by atoms with E-state index in [-0.39, 0.29) is 0 Å². The second-order valence-corrected chi connectivity index (χ2v) is 3.71. The van der Waals surface area contributed by atoms with Crippen molar-refractivity contribution in [1.29, 1.82) is 5.26 Å². The summed E-state index contributed by atoms with van der Waals surface area (Å²) in [6.07, 6.45) is 3.51. The fourth-order valence-electron chi connectivity index (χ4n) is 1.67. The van der Waals surface area contributed by atoms with Gasteiger partial charge in [-0.15, -0.1) is 0 Å². The first-order chi connectivity index (χ1) is 8.40. The van der Waals surface area contributed by atoms with Gasteiger partial charge in [-0.1, -0.05) is 30.3 Å². The number of anilines is 1. The zero-order chi connectivity index (χ0) is 11.9. The maximum Gasteiger partial charge on any atom is 0.106 e. The van der Waals surface area contributed by atoms with Crippen molar-refractivity contribution in [3.63, 3.8) is 0 Å². The van der Waals surface area contributed by atoms with Crippen molar-refractivity contribution in [2.24, 2.45) is 0 Å². The molecule has 84 valence electrons. The minimum absolute atomic E-state index is 0.362. The van der Waals surface area contributed by atoms with E-state index in [2.05, 4.69) is 23.2 Å². The van der Waals surface area contributed by atoms with E-state index in [0.717, 1.165) is 12.2 Å². The Hall–Kier alpha value is -2.34. The number of hydrogen-bond acceptors (Lipinski definition) is 3. The van der Waals surface area contributed by atoms with E-state index in [9.17, 15) is 0 Å². The van der Waals surface area contributed by atoms with Crippen LogP contribution in [-0.2, 0) is 6.54 Å². The van der Waals surface area contributed by atoms with Crippen molar-refractivity contribution in [1.82, 2.24) is 4.98 Å². The SMILES string of the molecule is N#CCN(Cc1ccccc1)c1cccnc1. The third kappa shape index (κ3) is 3.05. The summed E-state index contributed by atoms with van der Waals surface area (Å²) in [5.41, 5.74) is 2.16. The van der Waals surface area contributed by atoms with Gasteiger partial charge in [0.2, 0.25) is 0 Å². The fraction of sp³-hybridized carbons (Fsp3) is 0.143. The molecular formula is C14H13N3. The van der Waals surface area contributed by atoms with Crippen molar-refractivity contribution < 1.29 is 0 Å². The Morgan fingerprint density at radius 3 is 2.59 bits per heavy atom. The lowest BCUT2D eigenvalue weighted by Crippen LogP contribution is -2.22. The molecule has 0 fully saturated rings. The molecule has 0 aliphatic rings. The molecule has 0 unspecified atom stereocenters. The molecule has 0 atom stereocenters. The van der Waals surface area contributed by atoms with E-state index in [4.69, 9.17) is 5.26 Å². The van der Waals surface area contributed by atoms with Crippen LogP contribution in [0.25, 0.3) is 0 Å². The van der Waals surface area contributed by atoms with Gasteiger partial charge in [0.25, 0.3) is 0 Å². The van der Waals surface area contributed by atoms with Crippen molar-refractivity contribution in [3.8, 4) is 6.07 Å². The van der Waals surface area contributed by atoms with Crippen molar-refractivity contribution >= 4 is 5.69 Å². The molecule has 0 amide bonds. The Labute approximate surface area is 101 Å². The summed E-state index contributed by atoms with van der Waals surface area (Å²) in [6.45, 7) is 1.08. The van der Waals surface area contributed by atoms with Crippen LogP contribution in [0.1, 0.15) is 5.56 Å². The van der Waals surface area contributed by atoms with Crippen LogP contribution in [0.3, 0.4) is 0 Å². The molecule has 0 bridgehead atoms. The summed E-state index contributed by atoms with van der Waals surface area (Å²) in [4.78, 5) is 6.08. The molecular weight excluding hydrogens is 210 g/mol. The molecule has 0 aliphatic carbocycles. The summed E-state index contributed by atoms with van der Waals surface area (Å²) >= 11 is 0. The summed E-state index contributed by atoms with van der Waals surface area (Å²) in [5.74, 6) is 0. The molecule has 0 saturated heterocycles. The molecule has 0 saturated carbocycles. The van der Waals surface area contributed by atoms with Crippen LogP contribution >= 0.6 is 0 Å². The van der Waals surface area contributed by atoms with Gasteiger partial charge >= 0.3 is 0 Å². The molecule has 1 aromatic heterocycles. The first-order valence-electron chi connectivity index (χ1n) is 5.46. The lowest BCUT2D eigenvalue weighted by molar-refractivity contribution is 0.868. The molecule has 1 aromatic carbocycles. The smallest absolute Gasteiger partial charge is 0.106 e. The molecule has 2 rings (SSSR count). The Morgan fingerprint density at radius 2 is 1.94 bits per heavy atom. The number of benzene rings is 1. The van der Waals surface area contributed by atoms with Gasteiger partial charge < -0.3 is 4.90 Å². The van der Waals surface area contributed by atoms with Crippen LogP contribution in [0.4, 0.5) is 5.69 Å². The zero-order valence-electron chi connectivity index (χ0n) is 9.45. The Morgan fingerprint density at radius 1 is 1.12 bits per heavy atom. The Bertz CT molecular complexity index is 488. The summed E-state index contributed by atoms with van der Waals surface area (Å²) in [5, 5.41) is 8.86. The van der Waals surface area contributed by atoms with Gasteiger partial charge in [0.05, 0.1) is 18.0 Å². The second-order valence-electron chi connectivity index (χ2n) is 3.71. The number of nitrogens with zero attached hydrogens (tertiary/aromatic N) is 3. The fourth-order valence-corrected chi connectivity index (χ4v) is 1.67. The van der Waals surface area contributed by atoms with E-state index >= 15 is 0 Å². The zero-order valence-corrected chi connectivity index (χ0v) is 9.45. The monoisotopic (exact) mass is 223 g/mol. The number of aromatic nitrogens is 1.